The smallest absolute Gasteiger partial charge is 0.302 e. The highest BCUT2D eigenvalue weighted by molar-refractivity contribution is 5.88. The molecule has 2 heterocycles. The lowest BCUT2D eigenvalue weighted by molar-refractivity contribution is -0.140. The number of fused-ring (bicyclic) bond motifs is 2. The average molecular weight is 296 g/mol. The fourth-order valence-electron chi connectivity index (χ4n) is 3.95. The number of H-pyrrole nitrogens is 1. The Bertz CT molecular complexity index is 774. The second kappa shape index (κ2) is 4.99. The Hall–Kier alpha value is -2.07. The summed E-state index contributed by atoms with van der Waals surface area (Å²) in [5.74, 6) is 0.153. The van der Waals surface area contributed by atoms with E-state index in [4.69, 9.17) is 4.74 Å². The fourth-order valence-corrected chi connectivity index (χ4v) is 3.95. The molecule has 4 nitrogen and oxygen atoms in total. The number of nitrogens with zero attached hydrogens (tertiary/aromatic N) is 1. The number of nitrogens with one attached hydrogen (secondary N) is 1. The van der Waals surface area contributed by atoms with Gasteiger partial charge >= 0.3 is 5.97 Å². The first-order valence-corrected chi connectivity index (χ1v) is 7.75. The fraction of sp³-hybridized carbons (Fsp3) is 0.389. The monoisotopic (exact) mass is 296 g/mol. The Balaban J connectivity index is 1.76. The van der Waals surface area contributed by atoms with Crippen LogP contribution in [0.25, 0.3) is 10.9 Å². The third-order valence-electron chi connectivity index (χ3n) is 4.92. The molecular formula is C18H20N2O2. The standard InChI is InChI=1S/C18H20N2O2/c1-11(21)22-10-12-6-15-14-4-3-5-16-18(14)13(8-19-16)7-17(15)20(2)9-12/h3-6,8,15,17,19H,7,9-10H2,1-2H3/t15-,17-/m1/s1. The molecule has 22 heavy (non-hydrogen) atoms. The molecule has 114 valence electrons. The largest absolute Gasteiger partial charge is 0.461 e. The van der Waals surface area contributed by atoms with E-state index in [1.54, 1.807) is 0 Å². The maximum atomic E-state index is 11.1. The van der Waals surface area contributed by atoms with Gasteiger partial charge in [-0.2, -0.15) is 0 Å². The number of esters is 1. The lowest BCUT2D eigenvalue weighted by Gasteiger charge is -2.41. The van der Waals surface area contributed by atoms with Crippen molar-refractivity contribution in [3.8, 4) is 0 Å². The maximum absolute atomic E-state index is 11.1. The molecule has 4 heteroatoms. The van der Waals surface area contributed by atoms with Crippen LogP contribution in [0.4, 0.5) is 0 Å². The van der Waals surface area contributed by atoms with Crippen molar-refractivity contribution in [2.45, 2.75) is 25.3 Å². The topological polar surface area (TPSA) is 45.3 Å². The van der Waals surface area contributed by atoms with E-state index in [1.165, 1.54) is 34.5 Å². The van der Waals surface area contributed by atoms with E-state index in [9.17, 15) is 4.79 Å². The van der Waals surface area contributed by atoms with Gasteiger partial charge in [0, 0.05) is 42.5 Å². The SMILES string of the molecule is CC(=O)OCC1=C[C@@H]2c3cccc4[nH]cc(c34)C[C@H]2N(C)C1. The summed E-state index contributed by atoms with van der Waals surface area (Å²) in [6, 6.07) is 6.97. The van der Waals surface area contributed by atoms with Crippen LogP contribution in [0.3, 0.4) is 0 Å². The van der Waals surface area contributed by atoms with E-state index in [2.05, 4.69) is 47.4 Å². The average Bonchev–Trinajstić information content (AvgIpc) is 2.91. The number of hydrogen-bond donors (Lipinski definition) is 1. The van der Waals surface area contributed by atoms with Crippen LogP contribution in [-0.2, 0) is 16.0 Å². The highest BCUT2D eigenvalue weighted by atomic mass is 16.5. The van der Waals surface area contributed by atoms with Crippen LogP contribution in [0.1, 0.15) is 24.0 Å². The van der Waals surface area contributed by atoms with Crippen molar-refractivity contribution in [3.63, 3.8) is 0 Å². The van der Waals surface area contributed by atoms with E-state index in [0.717, 1.165) is 13.0 Å². The predicted octanol–water partition coefficient (Wildman–Crippen LogP) is 2.61. The summed E-state index contributed by atoms with van der Waals surface area (Å²) in [7, 11) is 2.16. The van der Waals surface area contributed by atoms with Crippen molar-refractivity contribution in [1.29, 1.82) is 0 Å². The minimum absolute atomic E-state index is 0.218. The Kier molecular flexibility index (Phi) is 3.08. The quantitative estimate of drug-likeness (QED) is 0.684. The minimum atomic E-state index is -0.218. The normalized spacial score (nSPS) is 24.0. The molecule has 0 radical (unpaired) electrons. The molecule has 0 saturated carbocycles. The number of hydrogen-bond acceptors (Lipinski definition) is 3. The number of likely N-dealkylation sites (N-methyl/N-ethyl adjacent to an activating group) is 1. The molecule has 0 amide bonds. The first kappa shape index (κ1) is 13.6. The van der Waals surface area contributed by atoms with Crippen molar-refractivity contribution < 1.29 is 9.53 Å². The third kappa shape index (κ3) is 2.06. The van der Waals surface area contributed by atoms with E-state index >= 15 is 0 Å². The molecule has 0 unspecified atom stereocenters. The number of aromatic nitrogens is 1. The lowest BCUT2D eigenvalue weighted by Crippen LogP contribution is -2.44. The van der Waals surface area contributed by atoms with Gasteiger partial charge in [0.2, 0.25) is 0 Å². The predicted molar refractivity (Wildman–Crippen MR) is 85.9 cm³/mol. The van der Waals surface area contributed by atoms with E-state index in [-0.39, 0.29) is 5.97 Å². The van der Waals surface area contributed by atoms with Gasteiger partial charge in [-0.1, -0.05) is 18.2 Å². The number of carbonyl (C=O) groups is 1. The summed E-state index contributed by atoms with van der Waals surface area (Å²) in [4.78, 5) is 16.8. The van der Waals surface area contributed by atoms with Crippen LogP contribution in [0.15, 0.2) is 36.0 Å². The molecule has 1 N–H and O–H groups in total. The van der Waals surface area contributed by atoms with E-state index < -0.39 is 0 Å². The van der Waals surface area contributed by atoms with Gasteiger partial charge in [-0.3, -0.25) is 9.69 Å². The minimum Gasteiger partial charge on any atom is -0.461 e. The highest BCUT2D eigenvalue weighted by Crippen LogP contribution is 2.41. The molecule has 2 aliphatic rings. The molecule has 1 aliphatic carbocycles. The summed E-state index contributed by atoms with van der Waals surface area (Å²) in [5.41, 5.74) is 5.21. The summed E-state index contributed by atoms with van der Waals surface area (Å²) in [6.07, 6.45) is 5.53. The molecule has 1 aromatic carbocycles. The molecule has 0 fully saturated rings. The van der Waals surface area contributed by atoms with Gasteiger partial charge in [-0.25, -0.2) is 0 Å². The van der Waals surface area contributed by atoms with Crippen molar-refractivity contribution in [2.24, 2.45) is 0 Å². The molecule has 0 saturated heterocycles. The highest BCUT2D eigenvalue weighted by Gasteiger charge is 2.35. The summed E-state index contributed by atoms with van der Waals surface area (Å²) in [6.45, 7) is 2.73. The molecule has 0 spiro atoms. The van der Waals surface area contributed by atoms with Crippen molar-refractivity contribution >= 4 is 16.9 Å². The number of carbonyl (C=O) groups excluding carboxylic acids is 1. The number of rotatable bonds is 2. The van der Waals surface area contributed by atoms with Crippen LogP contribution in [0, 0.1) is 0 Å². The molecule has 1 aromatic heterocycles. The Morgan fingerprint density at radius 3 is 3.14 bits per heavy atom. The Labute approximate surface area is 129 Å². The van der Waals surface area contributed by atoms with E-state index in [1.807, 2.05) is 0 Å². The van der Waals surface area contributed by atoms with E-state index in [0.29, 0.717) is 18.6 Å². The van der Waals surface area contributed by atoms with Crippen LogP contribution < -0.4 is 0 Å². The number of aromatic amines is 1. The summed E-state index contributed by atoms with van der Waals surface area (Å²) >= 11 is 0. The lowest BCUT2D eigenvalue weighted by atomic mass is 9.77. The van der Waals surface area contributed by atoms with Crippen LogP contribution >= 0.6 is 0 Å². The Morgan fingerprint density at radius 2 is 2.32 bits per heavy atom. The van der Waals surface area contributed by atoms with Gasteiger partial charge in [0.1, 0.15) is 6.61 Å². The van der Waals surface area contributed by atoms with Gasteiger partial charge in [0.25, 0.3) is 0 Å². The maximum Gasteiger partial charge on any atom is 0.302 e. The van der Waals surface area contributed by atoms with Crippen molar-refractivity contribution in [3.05, 3.63) is 47.2 Å². The molecule has 0 bridgehead atoms. The van der Waals surface area contributed by atoms with Crippen LogP contribution in [-0.4, -0.2) is 42.1 Å². The Morgan fingerprint density at radius 1 is 1.45 bits per heavy atom. The summed E-state index contributed by atoms with van der Waals surface area (Å²) in [5, 5.41) is 1.38. The van der Waals surface area contributed by atoms with Gasteiger partial charge in [0.05, 0.1) is 0 Å². The van der Waals surface area contributed by atoms with Crippen LogP contribution in [0.2, 0.25) is 0 Å². The summed E-state index contributed by atoms with van der Waals surface area (Å²) < 4.78 is 5.20. The van der Waals surface area contributed by atoms with Gasteiger partial charge in [-0.15, -0.1) is 0 Å². The molecule has 2 atom stereocenters. The molecular weight excluding hydrogens is 276 g/mol. The second-order valence-corrected chi connectivity index (χ2v) is 6.40. The number of benzene rings is 1. The van der Waals surface area contributed by atoms with Gasteiger partial charge in [-0.05, 0) is 36.2 Å². The van der Waals surface area contributed by atoms with Crippen LogP contribution in [0.5, 0.6) is 0 Å². The zero-order chi connectivity index (χ0) is 15.3. The van der Waals surface area contributed by atoms with Crippen molar-refractivity contribution in [1.82, 2.24) is 9.88 Å². The van der Waals surface area contributed by atoms with Crippen molar-refractivity contribution in [2.75, 3.05) is 20.2 Å². The van der Waals surface area contributed by atoms with Gasteiger partial charge in [0.15, 0.2) is 0 Å². The molecule has 1 aliphatic heterocycles. The third-order valence-corrected chi connectivity index (χ3v) is 4.92. The first-order valence-electron chi connectivity index (χ1n) is 7.75. The zero-order valence-corrected chi connectivity index (χ0v) is 12.9. The zero-order valence-electron chi connectivity index (χ0n) is 12.9. The second-order valence-electron chi connectivity index (χ2n) is 6.40. The molecule has 2 aromatic rings. The first-order chi connectivity index (χ1) is 10.6. The molecule has 4 rings (SSSR count). The van der Waals surface area contributed by atoms with Gasteiger partial charge < -0.3 is 9.72 Å². The number of ether oxygens (including phenoxy) is 1.